The Morgan fingerprint density at radius 2 is 1.74 bits per heavy atom. The molecule has 31 heavy (non-hydrogen) atoms. The van der Waals surface area contributed by atoms with Crippen LogP contribution >= 0.6 is 0 Å². The highest BCUT2D eigenvalue weighted by molar-refractivity contribution is 7.89. The first-order chi connectivity index (χ1) is 14.8. The minimum absolute atomic E-state index is 0.0263. The summed E-state index contributed by atoms with van der Waals surface area (Å²) in [7, 11) is -3.92. The second-order valence-electron chi connectivity index (χ2n) is 6.92. The van der Waals surface area contributed by atoms with E-state index in [0.29, 0.717) is 5.56 Å². The van der Waals surface area contributed by atoms with Crippen molar-refractivity contribution in [3.8, 4) is 0 Å². The normalized spacial score (nSPS) is 11.7. The monoisotopic (exact) mass is 439 g/mol. The lowest BCUT2D eigenvalue weighted by molar-refractivity contribution is -0.121. The molecule has 8 heteroatoms. The molecule has 0 aliphatic rings. The summed E-state index contributed by atoms with van der Waals surface area (Å²) in [4.78, 5) is 12.5. The van der Waals surface area contributed by atoms with E-state index in [1.54, 1.807) is 24.3 Å². The number of amides is 1. The maximum Gasteiger partial charge on any atom is 0.255 e. The van der Waals surface area contributed by atoms with E-state index in [2.05, 4.69) is 10.5 Å². The summed E-state index contributed by atoms with van der Waals surface area (Å²) in [6, 6.07) is 21.1. The summed E-state index contributed by atoms with van der Waals surface area (Å²) in [6.45, 7) is 1.54. The van der Waals surface area contributed by atoms with Crippen molar-refractivity contribution in [2.45, 2.75) is 18.4 Å². The van der Waals surface area contributed by atoms with E-state index in [1.165, 1.54) is 36.5 Å². The summed E-state index contributed by atoms with van der Waals surface area (Å²) in [5, 5.41) is 3.80. The van der Waals surface area contributed by atoms with Gasteiger partial charge in [0.2, 0.25) is 10.0 Å². The second-order valence-corrected chi connectivity index (χ2v) is 8.86. The molecule has 0 aliphatic carbocycles. The zero-order valence-electron chi connectivity index (χ0n) is 16.9. The molecule has 160 valence electrons. The quantitative estimate of drug-likeness (QED) is 0.431. The number of benzene rings is 3. The number of nitrogens with one attached hydrogen (secondary N) is 1. The lowest BCUT2D eigenvalue weighted by atomic mass is 10.1. The zero-order chi connectivity index (χ0) is 22.3. The molecule has 0 heterocycles. The molecule has 0 unspecified atom stereocenters. The van der Waals surface area contributed by atoms with Crippen LogP contribution in [0.1, 0.15) is 16.7 Å². The van der Waals surface area contributed by atoms with Crippen molar-refractivity contribution in [1.29, 1.82) is 0 Å². The van der Waals surface area contributed by atoms with Gasteiger partial charge in [-0.1, -0.05) is 60.2 Å². The number of halogens is 1. The first-order valence-corrected chi connectivity index (χ1v) is 11.0. The Hall–Kier alpha value is -3.36. The molecule has 0 saturated heterocycles. The Labute approximate surface area is 181 Å². The number of aryl methyl sites for hydroxylation is 1. The van der Waals surface area contributed by atoms with Crippen molar-refractivity contribution >= 4 is 22.1 Å². The number of carbonyl (C=O) groups is 1. The maximum absolute atomic E-state index is 13.2. The largest absolute Gasteiger partial charge is 0.272 e. The van der Waals surface area contributed by atoms with E-state index in [4.69, 9.17) is 0 Å². The Morgan fingerprint density at radius 1 is 1.03 bits per heavy atom. The Bertz CT molecular complexity index is 1160. The van der Waals surface area contributed by atoms with Crippen LogP contribution in [0.3, 0.4) is 0 Å². The van der Waals surface area contributed by atoms with Crippen molar-refractivity contribution in [1.82, 2.24) is 9.73 Å². The molecule has 0 radical (unpaired) electrons. The number of carbonyl (C=O) groups excluding carboxylic acids is 1. The third kappa shape index (κ3) is 6.31. The molecule has 3 aromatic rings. The van der Waals surface area contributed by atoms with Crippen LogP contribution in [-0.4, -0.2) is 31.4 Å². The highest BCUT2D eigenvalue weighted by Gasteiger charge is 2.26. The van der Waals surface area contributed by atoms with Crippen molar-refractivity contribution in [3.05, 3.63) is 101 Å². The zero-order valence-corrected chi connectivity index (χ0v) is 17.7. The molecule has 0 fully saturated rings. The van der Waals surface area contributed by atoms with Crippen molar-refractivity contribution in [2.75, 3.05) is 6.54 Å². The lowest BCUT2D eigenvalue weighted by Gasteiger charge is -2.21. The Balaban J connectivity index is 1.77. The van der Waals surface area contributed by atoms with Crippen molar-refractivity contribution in [2.24, 2.45) is 5.10 Å². The molecule has 0 spiro atoms. The van der Waals surface area contributed by atoms with Gasteiger partial charge in [0.25, 0.3) is 5.91 Å². The van der Waals surface area contributed by atoms with Crippen LogP contribution in [-0.2, 0) is 21.4 Å². The van der Waals surface area contributed by atoms with Crippen LogP contribution in [0, 0.1) is 12.7 Å². The van der Waals surface area contributed by atoms with E-state index in [-0.39, 0.29) is 11.4 Å². The predicted octanol–water partition coefficient (Wildman–Crippen LogP) is 3.48. The molecule has 3 rings (SSSR count). The molecule has 0 saturated carbocycles. The maximum atomic E-state index is 13.2. The van der Waals surface area contributed by atoms with Crippen LogP contribution in [0.15, 0.2) is 88.9 Å². The molecule has 1 N–H and O–H groups in total. The summed E-state index contributed by atoms with van der Waals surface area (Å²) < 4.78 is 40.6. The second kappa shape index (κ2) is 10.1. The lowest BCUT2D eigenvalue weighted by Crippen LogP contribution is -2.39. The smallest absolute Gasteiger partial charge is 0.255 e. The number of rotatable bonds is 8. The van der Waals surface area contributed by atoms with Gasteiger partial charge in [-0.15, -0.1) is 0 Å². The van der Waals surface area contributed by atoms with E-state index >= 15 is 0 Å². The van der Waals surface area contributed by atoms with Crippen LogP contribution < -0.4 is 5.43 Å². The SMILES string of the molecule is Cc1ccc(CN(CC(=O)N/N=C\c2cccc(F)c2)S(=O)(=O)c2ccccc2)cc1. The van der Waals surface area contributed by atoms with Gasteiger partial charge in [0.05, 0.1) is 17.7 Å². The molecular weight excluding hydrogens is 417 g/mol. The van der Waals surface area contributed by atoms with Crippen LogP contribution in [0.2, 0.25) is 0 Å². The van der Waals surface area contributed by atoms with Gasteiger partial charge in [0, 0.05) is 6.54 Å². The van der Waals surface area contributed by atoms with Gasteiger partial charge >= 0.3 is 0 Å². The molecule has 0 aliphatic heterocycles. The average molecular weight is 440 g/mol. The van der Waals surface area contributed by atoms with Gasteiger partial charge < -0.3 is 0 Å². The van der Waals surface area contributed by atoms with E-state index in [1.807, 2.05) is 31.2 Å². The van der Waals surface area contributed by atoms with Gasteiger partial charge in [-0.2, -0.15) is 9.41 Å². The van der Waals surface area contributed by atoms with E-state index in [0.717, 1.165) is 15.4 Å². The summed E-state index contributed by atoms with van der Waals surface area (Å²) in [5.74, 6) is -1.03. The van der Waals surface area contributed by atoms with Gasteiger partial charge in [-0.25, -0.2) is 18.2 Å². The first kappa shape index (κ1) is 22.3. The number of sulfonamides is 1. The fraction of sp³-hybridized carbons (Fsp3) is 0.130. The number of nitrogens with zero attached hydrogens (tertiary/aromatic N) is 2. The fourth-order valence-corrected chi connectivity index (χ4v) is 4.23. The molecule has 3 aromatic carbocycles. The van der Waals surface area contributed by atoms with Gasteiger partial charge in [-0.3, -0.25) is 4.79 Å². The Morgan fingerprint density at radius 3 is 2.42 bits per heavy atom. The number of hydrogen-bond acceptors (Lipinski definition) is 4. The molecule has 0 aromatic heterocycles. The van der Waals surface area contributed by atoms with Crippen LogP contribution in [0.25, 0.3) is 0 Å². The topological polar surface area (TPSA) is 78.8 Å². The van der Waals surface area contributed by atoms with Gasteiger partial charge in [-0.05, 0) is 42.3 Å². The van der Waals surface area contributed by atoms with Crippen molar-refractivity contribution in [3.63, 3.8) is 0 Å². The average Bonchev–Trinajstić information content (AvgIpc) is 2.75. The third-order valence-electron chi connectivity index (χ3n) is 4.43. The van der Waals surface area contributed by atoms with E-state index < -0.39 is 28.3 Å². The predicted molar refractivity (Wildman–Crippen MR) is 117 cm³/mol. The van der Waals surface area contributed by atoms with Crippen LogP contribution in [0.5, 0.6) is 0 Å². The highest BCUT2D eigenvalue weighted by atomic mass is 32.2. The molecule has 6 nitrogen and oxygen atoms in total. The molecule has 1 amide bonds. The summed E-state index contributed by atoms with van der Waals surface area (Å²) >= 11 is 0. The minimum Gasteiger partial charge on any atom is -0.272 e. The van der Waals surface area contributed by atoms with Gasteiger partial charge in [0.1, 0.15) is 5.82 Å². The number of hydrazone groups is 1. The highest BCUT2D eigenvalue weighted by Crippen LogP contribution is 2.18. The van der Waals surface area contributed by atoms with Gasteiger partial charge in [0.15, 0.2) is 0 Å². The Kier molecular flexibility index (Phi) is 7.28. The standard InChI is InChI=1S/C23H22FN3O3S/c1-18-10-12-19(13-11-18)16-27(31(29,30)22-8-3-2-4-9-22)17-23(28)26-25-15-20-6-5-7-21(24)14-20/h2-15H,16-17H2,1H3,(H,26,28)/b25-15-. The molecule has 0 atom stereocenters. The third-order valence-corrected chi connectivity index (χ3v) is 6.24. The summed E-state index contributed by atoms with van der Waals surface area (Å²) in [5.41, 5.74) is 4.57. The fourth-order valence-electron chi connectivity index (χ4n) is 2.83. The minimum atomic E-state index is -3.92. The number of hydrogen-bond donors (Lipinski definition) is 1. The molecular formula is C23H22FN3O3S. The van der Waals surface area contributed by atoms with E-state index in [9.17, 15) is 17.6 Å². The summed E-state index contributed by atoms with van der Waals surface area (Å²) in [6.07, 6.45) is 1.29. The molecule has 0 bridgehead atoms. The first-order valence-electron chi connectivity index (χ1n) is 9.53. The van der Waals surface area contributed by atoms with Crippen molar-refractivity contribution < 1.29 is 17.6 Å². The van der Waals surface area contributed by atoms with Crippen LogP contribution in [0.4, 0.5) is 4.39 Å².